The number of benzene rings is 3. The van der Waals surface area contributed by atoms with Gasteiger partial charge in [-0.1, -0.05) is 41.9 Å². The maximum atomic E-state index is 12.1. The maximum absolute atomic E-state index is 12.1. The number of carboxylic acids is 1. The molecule has 4 aromatic rings. The lowest BCUT2D eigenvalue weighted by atomic mass is 10.0. The number of aliphatic carboxylic acids is 1. The van der Waals surface area contributed by atoms with Gasteiger partial charge in [-0.2, -0.15) is 0 Å². The first kappa shape index (κ1) is 21.4. The summed E-state index contributed by atoms with van der Waals surface area (Å²) in [4.78, 5) is 12.0. The molecule has 0 aliphatic carbocycles. The van der Waals surface area contributed by atoms with Crippen molar-refractivity contribution in [1.82, 2.24) is 0 Å². The molecule has 160 valence electrons. The van der Waals surface area contributed by atoms with Crippen LogP contribution < -0.4 is 4.31 Å². The van der Waals surface area contributed by atoms with Gasteiger partial charge in [-0.3, -0.25) is 8.51 Å². The summed E-state index contributed by atoms with van der Waals surface area (Å²) in [6.07, 6.45) is 1.28. The molecule has 0 aliphatic heterocycles. The van der Waals surface area contributed by atoms with Gasteiger partial charge < -0.3 is 14.1 Å². The van der Waals surface area contributed by atoms with E-state index in [2.05, 4.69) is 0 Å². The zero-order valence-corrected chi connectivity index (χ0v) is 17.9. The second kappa shape index (κ2) is 9.09. The first-order chi connectivity index (χ1) is 14.9. The lowest BCUT2D eigenvalue weighted by Crippen LogP contribution is -2.42. The van der Waals surface area contributed by atoms with Gasteiger partial charge in [0.1, 0.15) is 17.2 Å². The smallest absolute Gasteiger partial charge is 0.327 e. The molecular weight excluding hydrogens is 438 g/mol. The average molecular weight is 457 g/mol. The number of hydrogen-bond acceptors (Lipinski definition) is 4. The predicted octanol–water partition coefficient (Wildman–Crippen LogP) is 5.32. The first-order valence-corrected chi connectivity index (χ1v) is 11.1. The summed E-state index contributed by atoms with van der Waals surface area (Å²) in [6.45, 7) is 0. The number of nitrogens with zero attached hydrogens (tertiary/aromatic N) is 1. The van der Waals surface area contributed by atoms with E-state index < -0.39 is 23.3 Å². The second-order valence-corrected chi connectivity index (χ2v) is 8.46. The topological polar surface area (TPSA) is 93.8 Å². The molecule has 0 bridgehead atoms. The summed E-state index contributed by atoms with van der Waals surface area (Å²) in [5.41, 5.74) is 2.58. The summed E-state index contributed by atoms with van der Waals surface area (Å²) in [5, 5.41) is 12.0. The normalized spacial score (nSPS) is 13.4. The van der Waals surface area contributed by atoms with Crippen LogP contribution in [-0.2, 0) is 22.5 Å². The number of hydrogen-bond donors (Lipinski definition) is 1. The van der Waals surface area contributed by atoms with Crippen molar-refractivity contribution in [2.75, 3.05) is 4.31 Å². The minimum absolute atomic E-state index is 0.163. The number of rotatable bonds is 8. The van der Waals surface area contributed by atoms with Crippen LogP contribution in [0.1, 0.15) is 18.4 Å². The van der Waals surface area contributed by atoms with Crippen molar-refractivity contribution >= 4 is 56.5 Å². The van der Waals surface area contributed by atoms with Crippen LogP contribution in [0.4, 0.5) is 5.69 Å². The third kappa shape index (κ3) is 4.58. The number of fused-ring (bicyclic) bond motifs is 3. The molecule has 0 saturated heterocycles. The van der Waals surface area contributed by atoms with E-state index in [-0.39, 0.29) is 12.1 Å². The molecule has 1 N–H and O–H groups in total. The quantitative estimate of drug-likeness (QED) is 0.362. The fourth-order valence-corrected chi connectivity index (χ4v) is 4.53. The van der Waals surface area contributed by atoms with Gasteiger partial charge in [0.15, 0.2) is 0 Å². The summed E-state index contributed by atoms with van der Waals surface area (Å²) in [6, 6.07) is 18.4. The zero-order valence-electron chi connectivity index (χ0n) is 16.4. The van der Waals surface area contributed by atoms with Gasteiger partial charge in [-0.15, -0.1) is 0 Å². The van der Waals surface area contributed by atoms with Crippen LogP contribution in [0.15, 0.2) is 71.1 Å². The summed E-state index contributed by atoms with van der Waals surface area (Å²) < 4.78 is 30.9. The molecule has 1 aromatic heterocycles. The Kier molecular flexibility index (Phi) is 6.27. The van der Waals surface area contributed by atoms with Crippen LogP contribution in [0.5, 0.6) is 0 Å². The largest absolute Gasteiger partial charge is 0.755 e. The summed E-state index contributed by atoms with van der Waals surface area (Å²) in [7, 11) is 0. The molecule has 0 fully saturated rings. The van der Waals surface area contributed by atoms with Crippen molar-refractivity contribution in [3.05, 3.63) is 77.3 Å². The van der Waals surface area contributed by atoms with Crippen LogP contribution in [0, 0.1) is 0 Å². The molecule has 0 spiro atoms. The Bertz CT molecular complexity index is 1250. The second-order valence-electron chi connectivity index (χ2n) is 7.19. The van der Waals surface area contributed by atoms with Gasteiger partial charge in [0.2, 0.25) is 0 Å². The number of halogens is 1. The number of para-hydroxylation sites is 1. The standard InChI is InChI=1S/C23H20ClNO5S/c24-16-10-8-15(9-11-16)4-3-6-20(23(26)27)25(31(28)29)17-12-13-22-19(14-17)18-5-1-2-7-21(18)30-22/h1-2,5,7-14,20H,3-4,6H2,(H,26,27)(H,28,29)/p-1. The molecule has 31 heavy (non-hydrogen) atoms. The average Bonchev–Trinajstić information content (AvgIpc) is 3.12. The minimum Gasteiger partial charge on any atom is -0.755 e. The lowest BCUT2D eigenvalue weighted by molar-refractivity contribution is -0.138. The summed E-state index contributed by atoms with van der Waals surface area (Å²) >= 11 is 3.13. The zero-order chi connectivity index (χ0) is 22.0. The Morgan fingerprint density at radius 2 is 1.77 bits per heavy atom. The van der Waals surface area contributed by atoms with Crippen LogP contribution in [0.2, 0.25) is 5.02 Å². The molecule has 2 atom stereocenters. The highest BCUT2D eigenvalue weighted by Gasteiger charge is 2.27. The first-order valence-electron chi connectivity index (χ1n) is 9.71. The molecule has 2 unspecified atom stereocenters. The third-order valence-electron chi connectivity index (χ3n) is 5.20. The van der Waals surface area contributed by atoms with Gasteiger partial charge in [0.25, 0.3) is 0 Å². The lowest BCUT2D eigenvalue weighted by Gasteiger charge is -2.32. The fraction of sp³-hybridized carbons (Fsp3) is 0.174. The third-order valence-corrected chi connectivity index (χ3v) is 6.24. The Hall–Kier alpha value is -2.87. The van der Waals surface area contributed by atoms with Gasteiger partial charge in [0, 0.05) is 27.1 Å². The van der Waals surface area contributed by atoms with Crippen molar-refractivity contribution < 1.29 is 23.1 Å². The monoisotopic (exact) mass is 456 g/mol. The molecule has 0 amide bonds. The van der Waals surface area contributed by atoms with E-state index in [9.17, 15) is 18.7 Å². The van der Waals surface area contributed by atoms with Crippen LogP contribution in [-0.4, -0.2) is 25.9 Å². The highest BCUT2D eigenvalue weighted by atomic mass is 35.5. The van der Waals surface area contributed by atoms with E-state index in [0.717, 1.165) is 20.6 Å². The maximum Gasteiger partial charge on any atom is 0.327 e. The van der Waals surface area contributed by atoms with Gasteiger partial charge in [-0.05, 0) is 61.2 Å². The number of aryl methyl sites for hydroxylation is 1. The van der Waals surface area contributed by atoms with E-state index in [0.29, 0.717) is 29.0 Å². The molecule has 8 heteroatoms. The Morgan fingerprint density at radius 3 is 2.48 bits per heavy atom. The Balaban J connectivity index is 1.61. The van der Waals surface area contributed by atoms with Crippen molar-refractivity contribution in [2.24, 2.45) is 0 Å². The van der Waals surface area contributed by atoms with Crippen LogP contribution in [0.3, 0.4) is 0 Å². The van der Waals surface area contributed by atoms with Crippen LogP contribution >= 0.6 is 11.6 Å². The van der Waals surface area contributed by atoms with Crippen molar-refractivity contribution in [3.63, 3.8) is 0 Å². The van der Waals surface area contributed by atoms with Gasteiger partial charge in [0.05, 0.1) is 5.69 Å². The number of carbonyl (C=O) groups is 1. The summed E-state index contributed by atoms with van der Waals surface area (Å²) in [5.74, 6) is -1.20. The highest BCUT2D eigenvalue weighted by Crippen LogP contribution is 2.33. The predicted molar refractivity (Wildman–Crippen MR) is 121 cm³/mol. The Labute approximate surface area is 186 Å². The van der Waals surface area contributed by atoms with Gasteiger partial charge in [-0.25, -0.2) is 4.79 Å². The SMILES string of the molecule is O=C(O)C(CCCc1ccc(Cl)cc1)N(c1ccc2oc3ccccc3c2c1)S(=O)[O-]. The van der Waals surface area contributed by atoms with Crippen molar-refractivity contribution in [3.8, 4) is 0 Å². The highest BCUT2D eigenvalue weighted by molar-refractivity contribution is 7.80. The molecule has 0 aliphatic rings. The van der Waals surface area contributed by atoms with E-state index in [1.54, 1.807) is 30.3 Å². The number of carboxylic acid groups (broad SMARTS) is 1. The van der Waals surface area contributed by atoms with Crippen molar-refractivity contribution in [2.45, 2.75) is 25.3 Å². The molecule has 0 radical (unpaired) electrons. The number of furan rings is 1. The molecular formula is C23H19ClNO5S-. The van der Waals surface area contributed by atoms with E-state index in [1.807, 2.05) is 36.4 Å². The molecule has 3 aromatic carbocycles. The molecule has 0 saturated carbocycles. The number of anilines is 1. The molecule has 1 heterocycles. The fourth-order valence-electron chi connectivity index (χ4n) is 3.71. The molecule has 4 rings (SSSR count). The Morgan fingerprint density at radius 1 is 1.06 bits per heavy atom. The van der Waals surface area contributed by atoms with Crippen LogP contribution in [0.25, 0.3) is 21.9 Å². The molecule has 6 nitrogen and oxygen atoms in total. The van der Waals surface area contributed by atoms with Gasteiger partial charge >= 0.3 is 5.97 Å². The van der Waals surface area contributed by atoms with Crippen molar-refractivity contribution in [1.29, 1.82) is 0 Å². The van der Waals surface area contributed by atoms with E-state index in [1.165, 1.54) is 0 Å². The van der Waals surface area contributed by atoms with E-state index >= 15 is 0 Å². The van der Waals surface area contributed by atoms with E-state index in [4.69, 9.17) is 16.0 Å². The minimum atomic E-state index is -2.77.